The van der Waals surface area contributed by atoms with Crippen molar-refractivity contribution in [1.82, 2.24) is 0 Å². The zero-order chi connectivity index (χ0) is 16.1. The van der Waals surface area contributed by atoms with Crippen LogP contribution in [0.2, 0.25) is 0 Å². The molecule has 0 unspecified atom stereocenters. The molecule has 0 rings (SSSR count). The molecule has 0 aliphatic heterocycles. The number of hydrogen-bond acceptors (Lipinski definition) is 0. The highest BCUT2D eigenvalue weighted by Gasteiger charge is 1.94. The Morgan fingerprint density at radius 2 is 0.818 bits per heavy atom. The van der Waals surface area contributed by atoms with Gasteiger partial charge in [0.1, 0.15) is 0 Å². The normalized spacial score (nSPS) is 11.5. The average molecular weight is 308 g/mol. The Hall–Kier alpha value is -0.260. The first-order valence-corrected chi connectivity index (χ1v) is 10.4. The predicted molar refractivity (Wildman–Crippen MR) is 103 cm³/mol. The van der Waals surface area contributed by atoms with Crippen molar-refractivity contribution in [3.05, 3.63) is 19.1 Å². The van der Waals surface area contributed by atoms with Gasteiger partial charge in [-0.2, -0.15) is 0 Å². The van der Waals surface area contributed by atoms with Gasteiger partial charge in [0.15, 0.2) is 0 Å². The second-order valence-corrected chi connectivity index (χ2v) is 6.92. The number of hydrogen-bond donors (Lipinski definition) is 0. The molecule has 0 amide bonds. The van der Waals surface area contributed by atoms with Crippen molar-refractivity contribution < 1.29 is 0 Å². The Bertz CT molecular complexity index is 204. The highest BCUT2D eigenvalue weighted by Crippen LogP contribution is 2.14. The van der Waals surface area contributed by atoms with E-state index in [-0.39, 0.29) is 0 Å². The van der Waals surface area contributed by atoms with Crippen LogP contribution in [-0.4, -0.2) is 0 Å². The molecule has 0 saturated heterocycles. The fourth-order valence-corrected chi connectivity index (χ4v) is 3.10. The maximum absolute atomic E-state index is 3.72. The van der Waals surface area contributed by atoms with Crippen molar-refractivity contribution in [2.45, 2.75) is 122 Å². The van der Waals surface area contributed by atoms with Crippen LogP contribution in [0.25, 0.3) is 0 Å². The maximum atomic E-state index is 3.72. The molecule has 131 valence electrons. The summed E-state index contributed by atoms with van der Waals surface area (Å²) in [5.74, 6) is 0. The van der Waals surface area contributed by atoms with Gasteiger partial charge in [0.05, 0.1) is 0 Å². The van der Waals surface area contributed by atoms with Gasteiger partial charge >= 0.3 is 0 Å². The third-order valence-corrected chi connectivity index (χ3v) is 4.64. The highest BCUT2D eigenvalue weighted by molar-refractivity contribution is 4.83. The highest BCUT2D eigenvalue weighted by atomic mass is 14.0. The van der Waals surface area contributed by atoms with Crippen LogP contribution in [0.3, 0.4) is 0 Å². The molecule has 0 aromatic rings. The van der Waals surface area contributed by atoms with Gasteiger partial charge in [-0.15, -0.1) is 0 Å². The number of allylic oxidation sites excluding steroid dienone is 2. The van der Waals surface area contributed by atoms with Gasteiger partial charge in [0.25, 0.3) is 0 Å². The zero-order valence-corrected chi connectivity index (χ0v) is 15.6. The number of unbranched alkanes of at least 4 members (excludes halogenated alkanes) is 17. The van der Waals surface area contributed by atoms with Gasteiger partial charge in [-0.3, -0.25) is 0 Å². The average Bonchev–Trinajstić information content (AvgIpc) is 2.54. The molecule has 0 fully saturated rings. The SMILES string of the molecule is [CH2]/C=C/CCCCCCCCCCCCCCCCCCC. The van der Waals surface area contributed by atoms with E-state index in [1.54, 1.807) is 0 Å². The monoisotopic (exact) mass is 307 g/mol. The first kappa shape index (κ1) is 21.7. The first-order chi connectivity index (χ1) is 10.9. The molecule has 0 aromatic heterocycles. The van der Waals surface area contributed by atoms with Crippen LogP contribution in [0.5, 0.6) is 0 Å². The van der Waals surface area contributed by atoms with Crippen LogP contribution in [-0.2, 0) is 0 Å². The van der Waals surface area contributed by atoms with E-state index < -0.39 is 0 Å². The maximum Gasteiger partial charge on any atom is -0.0316 e. The molecule has 0 aliphatic rings. The van der Waals surface area contributed by atoms with Gasteiger partial charge in [-0.05, 0) is 19.8 Å². The molecule has 1 radical (unpaired) electrons. The molecule has 0 nitrogen and oxygen atoms in total. The molecule has 0 bridgehead atoms. The minimum absolute atomic E-state index is 1.22. The second kappa shape index (κ2) is 20.7. The Labute approximate surface area is 142 Å². The van der Waals surface area contributed by atoms with E-state index in [2.05, 4.69) is 19.9 Å². The van der Waals surface area contributed by atoms with Crippen LogP contribution in [0.1, 0.15) is 122 Å². The molecule has 0 N–H and O–H groups in total. The molecule has 0 heteroatoms. The summed E-state index contributed by atoms with van der Waals surface area (Å²) in [6, 6.07) is 0. The molecule has 0 atom stereocenters. The van der Waals surface area contributed by atoms with E-state index in [1.165, 1.54) is 116 Å². The number of rotatable bonds is 18. The van der Waals surface area contributed by atoms with Gasteiger partial charge in [-0.25, -0.2) is 0 Å². The zero-order valence-electron chi connectivity index (χ0n) is 15.6. The topological polar surface area (TPSA) is 0 Å². The Morgan fingerprint density at radius 3 is 1.14 bits per heavy atom. The molecule has 0 aromatic carbocycles. The van der Waals surface area contributed by atoms with Crippen molar-refractivity contribution in [3.8, 4) is 0 Å². The molecular formula is C22H43. The lowest BCUT2D eigenvalue weighted by molar-refractivity contribution is 0.527. The Balaban J connectivity index is 2.94. The third-order valence-electron chi connectivity index (χ3n) is 4.64. The van der Waals surface area contributed by atoms with E-state index in [4.69, 9.17) is 0 Å². The molecular weight excluding hydrogens is 264 g/mol. The van der Waals surface area contributed by atoms with Crippen molar-refractivity contribution in [2.24, 2.45) is 0 Å². The lowest BCUT2D eigenvalue weighted by Gasteiger charge is -2.03. The third kappa shape index (κ3) is 19.7. The smallest absolute Gasteiger partial charge is 0.0316 e. The minimum Gasteiger partial charge on any atom is -0.0885 e. The van der Waals surface area contributed by atoms with Crippen LogP contribution >= 0.6 is 0 Å². The van der Waals surface area contributed by atoms with E-state index in [0.717, 1.165) is 0 Å². The minimum atomic E-state index is 1.22. The summed E-state index contributed by atoms with van der Waals surface area (Å²) >= 11 is 0. The standard InChI is InChI=1S/C22H43/c1-3-5-7-9-11-13-15-17-19-21-22-20-18-16-14-12-10-8-6-4-2/h3,5H,1,4,6-22H2,2H3/b5-3+. The van der Waals surface area contributed by atoms with Gasteiger partial charge < -0.3 is 0 Å². The van der Waals surface area contributed by atoms with Crippen molar-refractivity contribution in [2.75, 3.05) is 0 Å². The molecule has 0 aliphatic carbocycles. The Morgan fingerprint density at radius 1 is 0.500 bits per heavy atom. The summed E-state index contributed by atoms with van der Waals surface area (Å²) in [6.45, 7) is 6.01. The van der Waals surface area contributed by atoms with E-state index in [1.807, 2.05) is 6.08 Å². The van der Waals surface area contributed by atoms with Gasteiger partial charge in [0.2, 0.25) is 0 Å². The van der Waals surface area contributed by atoms with Crippen LogP contribution < -0.4 is 0 Å². The Kier molecular flexibility index (Phi) is 20.5. The fraction of sp³-hybridized carbons (Fsp3) is 0.864. The van der Waals surface area contributed by atoms with E-state index in [9.17, 15) is 0 Å². The summed E-state index contributed by atoms with van der Waals surface area (Å²) in [4.78, 5) is 0. The van der Waals surface area contributed by atoms with Gasteiger partial charge in [0, 0.05) is 0 Å². The summed E-state index contributed by atoms with van der Waals surface area (Å²) in [7, 11) is 0. The fourth-order valence-electron chi connectivity index (χ4n) is 3.10. The predicted octanol–water partition coefficient (Wildman–Crippen LogP) is 8.42. The lowest BCUT2D eigenvalue weighted by Crippen LogP contribution is -1.83. The lowest BCUT2D eigenvalue weighted by atomic mass is 10.0. The van der Waals surface area contributed by atoms with Crippen LogP contribution in [0.15, 0.2) is 12.2 Å². The van der Waals surface area contributed by atoms with Crippen molar-refractivity contribution in [1.29, 1.82) is 0 Å². The van der Waals surface area contributed by atoms with Crippen LogP contribution in [0.4, 0.5) is 0 Å². The largest absolute Gasteiger partial charge is 0.0885 e. The second-order valence-electron chi connectivity index (χ2n) is 6.92. The van der Waals surface area contributed by atoms with E-state index >= 15 is 0 Å². The van der Waals surface area contributed by atoms with Crippen molar-refractivity contribution in [3.63, 3.8) is 0 Å². The van der Waals surface area contributed by atoms with Crippen LogP contribution in [0, 0.1) is 6.92 Å². The molecule has 22 heavy (non-hydrogen) atoms. The van der Waals surface area contributed by atoms with Crippen molar-refractivity contribution >= 4 is 0 Å². The molecule has 0 saturated carbocycles. The summed E-state index contributed by atoms with van der Waals surface area (Å²) in [6.07, 6.45) is 30.0. The van der Waals surface area contributed by atoms with E-state index in [0.29, 0.717) is 0 Å². The van der Waals surface area contributed by atoms with Gasteiger partial charge in [-0.1, -0.05) is 122 Å². The summed E-state index contributed by atoms with van der Waals surface area (Å²) in [5.41, 5.74) is 0. The first-order valence-electron chi connectivity index (χ1n) is 10.4. The summed E-state index contributed by atoms with van der Waals surface area (Å²) < 4.78 is 0. The quantitative estimate of drug-likeness (QED) is 0.223. The summed E-state index contributed by atoms with van der Waals surface area (Å²) in [5, 5.41) is 0. The molecule has 0 heterocycles. The molecule has 0 spiro atoms.